The van der Waals surface area contributed by atoms with Crippen LogP contribution in [0.1, 0.15) is 36.7 Å². The number of nitrogens with one attached hydrogen (secondary N) is 1. The molecule has 36 heavy (non-hydrogen) atoms. The fourth-order valence-electron chi connectivity index (χ4n) is 4.97. The molecular formula is C28H34N6O2. The van der Waals surface area contributed by atoms with Crippen molar-refractivity contribution in [2.24, 2.45) is 13.0 Å². The summed E-state index contributed by atoms with van der Waals surface area (Å²) in [4.78, 5) is 16.7. The van der Waals surface area contributed by atoms with Gasteiger partial charge in [0.2, 0.25) is 5.95 Å². The number of hydrogen-bond donors (Lipinski definition) is 2. The number of rotatable bonds is 8. The van der Waals surface area contributed by atoms with Crippen LogP contribution in [0.15, 0.2) is 54.9 Å². The van der Waals surface area contributed by atoms with Gasteiger partial charge in [-0.3, -0.25) is 0 Å². The van der Waals surface area contributed by atoms with E-state index in [9.17, 15) is 5.11 Å². The molecule has 0 amide bonds. The van der Waals surface area contributed by atoms with Crippen LogP contribution in [0.25, 0.3) is 10.9 Å². The highest BCUT2D eigenvalue weighted by Crippen LogP contribution is 2.35. The molecule has 0 aliphatic carbocycles. The van der Waals surface area contributed by atoms with Gasteiger partial charge in [-0.2, -0.15) is 4.98 Å². The summed E-state index contributed by atoms with van der Waals surface area (Å²) >= 11 is 0. The van der Waals surface area contributed by atoms with E-state index in [-0.39, 0.29) is 18.6 Å². The Labute approximate surface area is 212 Å². The first-order valence-corrected chi connectivity index (χ1v) is 12.5. The van der Waals surface area contributed by atoms with Crippen molar-refractivity contribution < 1.29 is 9.84 Å². The molecule has 2 aromatic heterocycles. The van der Waals surface area contributed by atoms with Crippen LogP contribution in [0, 0.1) is 5.92 Å². The Kier molecular flexibility index (Phi) is 6.78. The molecule has 1 aliphatic heterocycles. The molecule has 2 atom stereocenters. The van der Waals surface area contributed by atoms with E-state index in [2.05, 4.69) is 45.7 Å². The molecule has 0 spiro atoms. The summed E-state index contributed by atoms with van der Waals surface area (Å²) < 4.78 is 7.75. The Balaban J connectivity index is 1.56. The number of aromatic nitrogens is 4. The molecule has 2 aromatic carbocycles. The molecule has 0 bridgehead atoms. The van der Waals surface area contributed by atoms with Gasteiger partial charge in [0.15, 0.2) is 0 Å². The first-order chi connectivity index (χ1) is 17.5. The molecule has 188 valence electrons. The summed E-state index contributed by atoms with van der Waals surface area (Å²) in [5.74, 6) is 3.50. The van der Waals surface area contributed by atoms with Crippen molar-refractivity contribution in [3.05, 3.63) is 71.8 Å². The lowest BCUT2D eigenvalue weighted by atomic mass is 9.90. The van der Waals surface area contributed by atoms with E-state index in [1.54, 1.807) is 7.11 Å². The predicted molar refractivity (Wildman–Crippen MR) is 143 cm³/mol. The van der Waals surface area contributed by atoms with Crippen LogP contribution in [0.4, 0.5) is 11.8 Å². The van der Waals surface area contributed by atoms with Crippen LogP contribution in [-0.2, 0) is 20.0 Å². The topological polar surface area (TPSA) is 88.3 Å². The molecule has 0 radical (unpaired) electrons. The average Bonchev–Trinajstić information content (AvgIpc) is 3.31. The number of benzene rings is 2. The third-order valence-corrected chi connectivity index (χ3v) is 7.15. The minimum absolute atomic E-state index is 0.00940. The van der Waals surface area contributed by atoms with Crippen LogP contribution in [0.3, 0.4) is 0 Å². The molecule has 2 N–H and O–H groups in total. The van der Waals surface area contributed by atoms with Gasteiger partial charge in [-0.05, 0) is 29.2 Å². The molecule has 8 heteroatoms. The number of fused-ring (bicyclic) bond motifs is 2. The highest BCUT2D eigenvalue weighted by molar-refractivity contribution is 5.94. The van der Waals surface area contributed by atoms with E-state index in [1.807, 2.05) is 49.8 Å². The van der Waals surface area contributed by atoms with Crippen molar-refractivity contribution in [3.8, 4) is 5.75 Å². The van der Waals surface area contributed by atoms with Crippen molar-refractivity contribution in [1.82, 2.24) is 19.5 Å². The highest BCUT2D eigenvalue weighted by atomic mass is 16.5. The number of ether oxygens (including phenoxy) is 1. The normalized spacial score (nSPS) is 16.3. The van der Waals surface area contributed by atoms with Gasteiger partial charge in [-0.15, -0.1) is 0 Å². The number of anilines is 2. The number of nitrogens with zero attached hydrogens (tertiary/aromatic N) is 5. The lowest BCUT2D eigenvalue weighted by Gasteiger charge is -2.34. The van der Waals surface area contributed by atoms with E-state index in [0.29, 0.717) is 30.7 Å². The molecule has 5 rings (SSSR count). The molecule has 2 unspecified atom stereocenters. The zero-order valence-electron chi connectivity index (χ0n) is 21.3. The number of imidazole rings is 1. The molecule has 4 aromatic rings. The van der Waals surface area contributed by atoms with Gasteiger partial charge in [0, 0.05) is 56.3 Å². The second kappa shape index (κ2) is 10.1. The van der Waals surface area contributed by atoms with E-state index in [4.69, 9.17) is 14.7 Å². The third-order valence-electron chi connectivity index (χ3n) is 7.15. The largest absolute Gasteiger partial charge is 0.494 e. The number of para-hydroxylation sites is 1. The number of aliphatic hydroxyl groups excluding tert-OH is 1. The summed E-state index contributed by atoms with van der Waals surface area (Å²) in [7, 11) is 3.69. The maximum atomic E-state index is 10.1. The lowest BCUT2D eigenvalue weighted by molar-refractivity contribution is 0.261. The van der Waals surface area contributed by atoms with Gasteiger partial charge < -0.3 is 24.6 Å². The lowest BCUT2D eigenvalue weighted by Crippen LogP contribution is -2.36. The number of methoxy groups -OCH3 is 1. The molecule has 0 fully saturated rings. The van der Waals surface area contributed by atoms with Crippen molar-refractivity contribution >= 4 is 22.7 Å². The highest BCUT2D eigenvalue weighted by Gasteiger charge is 2.28. The quantitative estimate of drug-likeness (QED) is 0.387. The van der Waals surface area contributed by atoms with Gasteiger partial charge in [0.1, 0.15) is 22.9 Å². The molecule has 3 heterocycles. The summed E-state index contributed by atoms with van der Waals surface area (Å²) in [6, 6.07) is 14.3. The van der Waals surface area contributed by atoms with Gasteiger partial charge in [0.25, 0.3) is 0 Å². The molecular weight excluding hydrogens is 452 g/mol. The molecule has 1 aliphatic rings. The van der Waals surface area contributed by atoms with Crippen molar-refractivity contribution in [2.75, 3.05) is 30.5 Å². The number of aliphatic hydroxyl groups is 1. The van der Waals surface area contributed by atoms with E-state index < -0.39 is 0 Å². The zero-order chi connectivity index (χ0) is 25.2. The first-order valence-electron chi connectivity index (χ1n) is 12.5. The SMILES string of the molecule is COc1cccc2c(NC(Cc3nccn3C)C(C)C)nc(N3Cc4ccccc4C(CO)C3)nc12. The summed E-state index contributed by atoms with van der Waals surface area (Å²) in [6.07, 6.45) is 4.58. The predicted octanol–water partition coefficient (Wildman–Crippen LogP) is 4.15. The molecule has 8 nitrogen and oxygen atoms in total. The van der Waals surface area contributed by atoms with Gasteiger partial charge in [-0.1, -0.05) is 44.2 Å². The van der Waals surface area contributed by atoms with Crippen molar-refractivity contribution in [2.45, 2.75) is 38.8 Å². The smallest absolute Gasteiger partial charge is 0.228 e. The summed E-state index contributed by atoms with van der Waals surface area (Å²) in [5, 5.41) is 14.8. The van der Waals surface area contributed by atoms with E-state index in [1.165, 1.54) is 11.1 Å². The molecule has 0 saturated heterocycles. The van der Waals surface area contributed by atoms with Crippen molar-refractivity contribution in [3.63, 3.8) is 0 Å². The Morgan fingerprint density at radius 3 is 2.69 bits per heavy atom. The van der Waals surface area contributed by atoms with Gasteiger partial charge >= 0.3 is 0 Å². The number of aryl methyl sites for hydroxylation is 1. The monoisotopic (exact) mass is 486 g/mol. The molecule has 0 saturated carbocycles. The van der Waals surface area contributed by atoms with Crippen molar-refractivity contribution in [1.29, 1.82) is 0 Å². The zero-order valence-corrected chi connectivity index (χ0v) is 21.3. The fourth-order valence-corrected chi connectivity index (χ4v) is 4.97. The van der Waals surface area contributed by atoms with E-state index >= 15 is 0 Å². The van der Waals surface area contributed by atoms with Crippen LogP contribution < -0.4 is 15.0 Å². The second-order valence-corrected chi connectivity index (χ2v) is 9.84. The first kappa shape index (κ1) is 24.1. The Morgan fingerprint density at radius 1 is 1.14 bits per heavy atom. The number of hydrogen-bond acceptors (Lipinski definition) is 7. The van der Waals surface area contributed by atoms with Crippen LogP contribution in [-0.4, -0.2) is 50.9 Å². The van der Waals surface area contributed by atoms with Crippen LogP contribution in [0.2, 0.25) is 0 Å². The van der Waals surface area contributed by atoms with Crippen LogP contribution >= 0.6 is 0 Å². The Bertz CT molecular complexity index is 1350. The maximum absolute atomic E-state index is 10.1. The standard InChI is InChI=1S/C28H34N6O2/c1-18(2)23(14-25-29-12-13-33(25)3)30-27-22-10-7-11-24(36-4)26(22)31-28(32-27)34-15-19-8-5-6-9-21(19)20(16-34)17-35/h5-13,18,20,23,35H,14-17H2,1-4H3,(H,30,31,32). The Morgan fingerprint density at radius 2 is 1.97 bits per heavy atom. The maximum Gasteiger partial charge on any atom is 0.228 e. The fraction of sp³-hybridized carbons (Fsp3) is 0.393. The van der Waals surface area contributed by atoms with Crippen LogP contribution in [0.5, 0.6) is 5.75 Å². The van der Waals surface area contributed by atoms with Gasteiger partial charge in [0.05, 0.1) is 13.7 Å². The minimum atomic E-state index is 0.00940. The average molecular weight is 487 g/mol. The minimum Gasteiger partial charge on any atom is -0.494 e. The van der Waals surface area contributed by atoms with E-state index in [0.717, 1.165) is 29.0 Å². The summed E-state index contributed by atoms with van der Waals surface area (Å²) in [6.45, 7) is 5.83. The van der Waals surface area contributed by atoms with Gasteiger partial charge in [-0.25, -0.2) is 9.97 Å². The third kappa shape index (κ3) is 4.60. The Hall–Kier alpha value is -3.65. The summed E-state index contributed by atoms with van der Waals surface area (Å²) in [5.41, 5.74) is 3.16. The second-order valence-electron chi connectivity index (χ2n) is 9.84.